The van der Waals surface area contributed by atoms with Crippen LogP contribution >= 0.6 is 27.3 Å². The third-order valence-corrected chi connectivity index (χ3v) is 6.87. The molecule has 1 aromatic heterocycles. The average Bonchev–Trinajstić information content (AvgIpc) is 2.50. The first kappa shape index (κ1) is 13.8. The number of anilines is 1. The molecule has 1 heterocycles. The van der Waals surface area contributed by atoms with Crippen molar-refractivity contribution < 1.29 is 8.42 Å². The van der Waals surface area contributed by atoms with Gasteiger partial charge in [-0.25, -0.2) is 8.42 Å². The number of thiophene rings is 1. The molecule has 0 saturated carbocycles. The monoisotopic (exact) mass is 348 g/mol. The maximum absolute atomic E-state index is 11.6. The fourth-order valence-electron chi connectivity index (χ4n) is 2.10. The highest BCUT2D eigenvalue weighted by Gasteiger charge is 2.22. The molecule has 1 aliphatic rings. The lowest BCUT2D eigenvalue weighted by atomic mass is 10.1. The summed E-state index contributed by atoms with van der Waals surface area (Å²) >= 11 is 4.34. The van der Waals surface area contributed by atoms with Crippen LogP contribution in [0.25, 0.3) is 0 Å². The zero-order chi connectivity index (χ0) is 13.2. The van der Waals surface area contributed by atoms with Crippen LogP contribution in [0, 0.1) is 11.3 Å². The van der Waals surface area contributed by atoms with Gasteiger partial charge in [0.05, 0.1) is 5.56 Å². The van der Waals surface area contributed by atoms with Gasteiger partial charge in [0.2, 0.25) is 10.0 Å². The van der Waals surface area contributed by atoms with E-state index in [4.69, 9.17) is 0 Å². The van der Waals surface area contributed by atoms with Gasteiger partial charge in [0.15, 0.2) is 0 Å². The van der Waals surface area contributed by atoms with E-state index in [0.29, 0.717) is 10.6 Å². The lowest BCUT2D eigenvalue weighted by Gasteiger charge is -2.03. The fourth-order valence-corrected chi connectivity index (χ4v) is 4.52. The Morgan fingerprint density at radius 1 is 1.33 bits per heavy atom. The highest BCUT2D eigenvalue weighted by atomic mass is 79.9. The highest BCUT2D eigenvalue weighted by molar-refractivity contribution is 9.10. The van der Waals surface area contributed by atoms with E-state index in [1.165, 1.54) is 17.8 Å². The van der Waals surface area contributed by atoms with Crippen molar-refractivity contribution in [3.8, 4) is 6.07 Å². The molecule has 0 aromatic carbocycles. The predicted molar refractivity (Wildman–Crippen MR) is 76.6 cm³/mol. The number of rotatable bonds is 3. The van der Waals surface area contributed by atoms with Gasteiger partial charge < -0.3 is 0 Å². The van der Waals surface area contributed by atoms with Crippen LogP contribution < -0.4 is 4.72 Å². The van der Waals surface area contributed by atoms with Crippen molar-refractivity contribution in [2.75, 3.05) is 9.38 Å². The Morgan fingerprint density at radius 2 is 2.06 bits per heavy atom. The molecule has 7 heteroatoms. The Hall–Kier alpha value is -0.580. The first-order chi connectivity index (χ1) is 8.57. The van der Waals surface area contributed by atoms with Crippen molar-refractivity contribution in [3.05, 3.63) is 16.0 Å². The van der Waals surface area contributed by atoms with Gasteiger partial charge in [0.25, 0.3) is 0 Å². The molecule has 0 atom stereocenters. The number of hydrogen-bond donors (Lipinski definition) is 1. The zero-order valence-electron chi connectivity index (χ0n) is 9.70. The lowest BCUT2D eigenvalue weighted by Crippen LogP contribution is -2.13. The molecular formula is C11H13BrN2O2S2. The smallest absolute Gasteiger partial charge is 0.243 e. The molecule has 0 saturated heterocycles. The van der Waals surface area contributed by atoms with Crippen LogP contribution in [-0.4, -0.2) is 13.1 Å². The van der Waals surface area contributed by atoms with Crippen LogP contribution in [0.2, 0.25) is 0 Å². The number of alkyl halides is 1. The molecule has 1 aromatic rings. The van der Waals surface area contributed by atoms with Crippen LogP contribution in [0.3, 0.4) is 0 Å². The summed E-state index contributed by atoms with van der Waals surface area (Å²) in [6, 6.07) is 2.15. The molecule has 4 nitrogen and oxygen atoms in total. The van der Waals surface area contributed by atoms with Crippen molar-refractivity contribution in [3.63, 3.8) is 0 Å². The molecule has 0 spiro atoms. The molecule has 1 aliphatic carbocycles. The SMILES string of the molecule is N#Cc1c(NS(=O)(=O)CBr)sc2c1CCCCC2. The van der Waals surface area contributed by atoms with E-state index >= 15 is 0 Å². The van der Waals surface area contributed by atoms with Gasteiger partial charge in [-0.05, 0) is 31.2 Å². The molecule has 0 fully saturated rings. The number of sulfonamides is 1. The molecular weight excluding hydrogens is 336 g/mol. The molecule has 0 bridgehead atoms. The van der Waals surface area contributed by atoms with Gasteiger partial charge in [-0.1, -0.05) is 22.4 Å². The van der Waals surface area contributed by atoms with E-state index in [0.717, 1.165) is 36.1 Å². The van der Waals surface area contributed by atoms with E-state index in [-0.39, 0.29) is 4.66 Å². The van der Waals surface area contributed by atoms with Crippen molar-refractivity contribution in [2.45, 2.75) is 32.1 Å². The minimum absolute atomic E-state index is 0.159. The molecule has 18 heavy (non-hydrogen) atoms. The third kappa shape index (κ3) is 2.87. The Kier molecular flexibility index (Phi) is 4.30. The van der Waals surface area contributed by atoms with E-state index < -0.39 is 10.0 Å². The van der Waals surface area contributed by atoms with Gasteiger partial charge in [0.1, 0.15) is 15.7 Å². The molecule has 98 valence electrons. The molecule has 0 unspecified atom stereocenters. The second-order valence-corrected chi connectivity index (χ2v) is 8.34. The first-order valence-corrected chi connectivity index (χ1v) is 9.27. The summed E-state index contributed by atoms with van der Waals surface area (Å²) in [5.41, 5.74) is 1.56. The summed E-state index contributed by atoms with van der Waals surface area (Å²) in [4.78, 5) is 1.16. The largest absolute Gasteiger partial charge is 0.273 e. The van der Waals surface area contributed by atoms with E-state index in [9.17, 15) is 13.7 Å². The summed E-state index contributed by atoms with van der Waals surface area (Å²) in [5, 5.41) is 9.71. The average molecular weight is 349 g/mol. The first-order valence-electron chi connectivity index (χ1n) is 5.68. The Balaban J connectivity index is 2.41. The van der Waals surface area contributed by atoms with Gasteiger partial charge in [-0.2, -0.15) is 5.26 Å². The lowest BCUT2D eigenvalue weighted by molar-refractivity contribution is 0.606. The topological polar surface area (TPSA) is 70.0 Å². The van der Waals surface area contributed by atoms with E-state index in [1.807, 2.05) is 0 Å². The molecule has 1 N–H and O–H groups in total. The number of hydrogen-bond acceptors (Lipinski definition) is 4. The summed E-state index contributed by atoms with van der Waals surface area (Å²) in [6.45, 7) is 0. The number of fused-ring (bicyclic) bond motifs is 1. The van der Waals surface area contributed by atoms with Crippen LogP contribution in [-0.2, 0) is 22.9 Å². The standard InChI is InChI=1S/C11H13BrN2O2S2/c12-7-18(15,16)14-11-9(6-13)8-4-2-1-3-5-10(8)17-11/h14H,1-5,7H2. The van der Waals surface area contributed by atoms with Crippen LogP contribution in [0.5, 0.6) is 0 Å². The van der Waals surface area contributed by atoms with Crippen LogP contribution in [0.15, 0.2) is 0 Å². The predicted octanol–water partition coefficient (Wildman–Crippen LogP) is 2.98. The summed E-state index contributed by atoms with van der Waals surface area (Å²) in [6.07, 6.45) is 5.19. The minimum Gasteiger partial charge on any atom is -0.273 e. The maximum Gasteiger partial charge on any atom is 0.243 e. The van der Waals surface area contributed by atoms with Crippen molar-refractivity contribution in [1.29, 1.82) is 5.26 Å². The highest BCUT2D eigenvalue weighted by Crippen LogP contribution is 2.37. The third-order valence-electron chi connectivity index (χ3n) is 2.92. The van der Waals surface area contributed by atoms with Crippen molar-refractivity contribution >= 4 is 42.3 Å². The molecule has 0 aliphatic heterocycles. The second kappa shape index (κ2) is 5.59. The number of halogens is 1. The number of nitrogens with zero attached hydrogens (tertiary/aromatic N) is 1. The Labute approximate surface area is 119 Å². The Morgan fingerprint density at radius 3 is 2.72 bits per heavy atom. The Bertz CT molecular complexity index is 587. The summed E-state index contributed by atoms with van der Waals surface area (Å²) < 4.78 is 25.4. The van der Waals surface area contributed by atoms with E-state index in [2.05, 4.69) is 26.7 Å². The minimum atomic E-state index is -3.39. The molecule has 0 amide bonds. The van der Waals surface area contributed by atoms with Gasteiger partial charge in [0, 0.05) is 4.88 Å². The normalized spacial score (nSPS) is 15.6. The zero-order valence-corrected chi connectivity index (χ0v) is 12.9. The molecule has 0 radical (unpaired) electrons. The van der Waals surface area contributed by atoms with Gasteiger partial charge in [-0.3, -0.25) is 4.72 Å². The van der Waals surface area contributed by atoms with Crippen LogP contribution in [0.4, 0.5) is 5.00 Å². The van der Waals surface area contributed by atoms with Crippen LogP contribution in [0.1, 0.15) is 35.3 Å². The quantitative estimate of drug-likeness (QED) is 0.674. The van der Waals surface area contributed by atoms with Crippen molar-refractivity contribution in [2.24, 2.45) is 0 Å². The van der Waals surface area contributed by atoms with E-state index in [1.54, 1.807) is 0 Å². The molecule has 2 rings (SSSR count). The maximum atomic E-state index is 11.6. The number of aryl methyl sites for hydroxylation is 1. The number of nitriles is 1. The fraction of sp³-hybridized carbons (Fsp3) is 0.545. The van der Waals surface area contributed by atoms with Gasteiger partial charge >= 0.3 is 0 Å². The second-order valence-electron chi connectivity index (χ2n) is 4.21. The summed E-state index contributed by atoms with van der Waals surface area (Å²) in [5.74, 6) is 0. The van der Waals surface area contributed by atoms with Gasteiger partial charge in [-0.15, -0.1) is 11.3 Å². The summed E-state index contributed by atoms with van der Waals surface area (Å²) in [7, 11) is -3.39. The van der Waals surface area contributed by atoms with Crippen molar-refractivity contribution in [1.82, 2.24) is 0 Å². The number of nitrogens with one attached hydrogen (secondary N) is 1.